The molecule has 3 heteroatoms. The van der Waals surface area contributed by atoms with Crippen molar-refractivity contribution < 1.29 is 4.39 Å². The second kappa shape index (κ2) is 5.78. The van der Waals surface area contributed by atoms with Gasteiger partial charge >= 0.3 is 0 Å². The highest BCUT2D eigenvalue weighted by Gasteiger charge is 2.14. The molecular weight excluding hydrogens is 269 g/mol. The Hall–Kier alpha value is -0.410. The SMILES string of the molecule is Fc1ccc(Br)cc1CC1CCCCCN1. The first-order chi connectivity index (χ1) is 7.75. The quantitative estimate of drug-likeness (QED) is 0.874. The Morgan fingerprint density at radius 2 is 2.19 bits per heavy atom. The monoisotopic (exact) mass is 285 g/mol. The maximum atomic E-state index is 13.6. The first-order valence-corrected chi connectivity index (χ1v) is 6.72. The summed E-state index contributed by atoms with van der Waals surface area (Å²) in [4.78, 5) is 0. The standard InChI is InChI=1S/C13H17BrFN/c14-11-5-6-13(15)10(8-11)9-12-4-2-1-3-7-16-12/h5-6,8,12,16H,1-4,7,9H2. The van der Waals surface area contributed by atoms with E-state index in [1.807, 2.05) is 6.07 Å². The van der Waals surface area contributed by atoms with Crippen LogP contribution in [0.5, 0.6) is 0 Å². The lowest BCUT2D eigenvalue weighted by Crippen LogP contribution is -2.30. The molecule has 1 fully saturated rings. The molecule has 0 aliphatic carbocycles. The number of benzene rings is 1. The van der Waals surface area contributed by atoms with Crippen molar-refractivity contribution in [3.63, 3.8) is 0 Å². The van der Waals surface area contributed by atoms with Crippen LogP contribution in [0, 0.1) is 5.82 Å². The molecule has 1 saturated heterocycles. The summed E-state index contributed by atoms with van der Waals surface area (Å²) in [6.45, 7) is 1.07. The molecule has 1 N–H and O–H groups in total. The minimum absolute atomic E-state index is 0.0887. The summed E-state index contributed by atoms with van der Waals surface area (Å²) in [5, 5.41) is 3.49. The third kappa shape index (κ3) is 3.29. The van der Waals surface area contributed by atoms with Crippen LogP contribution in [0.3, 0.4) is 0 Å². The molecule has 1 nitrogen and oxygen atoms in total. The van der Waals surface area contributed by atoms with Crippen molar-refractivity contribution in [2.24, 2.45) is 0 Å². The minimum Gasteiger partial charge on any atom is -0.314 e. The van der Waals surface area contributed by atoms with Crippen LogP contribution in [0.25, 0.3) is 0 Å². The van der Waals surface area contributed by atoms with Crippen molar-refractivity contribution in [3.05, 3.63) is 34.1 Å². The summed E-state index contributed by atoms with van der Waals surface area (Å²) >= 11 is 3.39. The molecule has 0 saturated carbocycles. The zero-order valence-corrected chi connectivity index (χ0v) is 10.9. The molecule has 0 bridgehead atoms. The molecular formula is C13H17BrFN. The van der Waals surface area contributed by atoms with Crippen molar-refractivity contribution >= 4 is 15.9 Å². The molecule has 2 rings (SSSR count). The third-order valence-electron chi connectivity index (χ3n) is 3.14. The van der Waals surface area contributed by atoms with E-state index in [2.05, 4.69) is 21.2 Å². The van der Waals surface area contributed by atoms with Crippen LogP contribution in [0.2, 0.25) is 0 Å². The highest BCUT2D eigenvalue weighted by molar-refractivity contribution is 9.10. The lowest BCUT2D eigenvalue weighted by molar-refractivity contribution is 0.494. The predicted octanol–water partition coefficient (Wildman–Crippen LogP) is 3.66. The van der Waals surface area contributed by atoms with E-state index in [1.54, 1.807) is 6.07 Å². The summed E-state index contributed by atoms with van der Waals surface area (Å²) < 4.78 is 14.5. The maximum absolute atomic E-state index is 13.6. The van der Waals surface area contributed by atoms with Crippen molar-refractivity contribution in [2.45, 2.75) is 38.1 Å². The fraction of sp³-hybridized carbons (Fsp3) is 0.538. The lowest BCUT2D eigenvalue weighted by Gasteiger charge is -2.16. The molecule has 1 aromatic rings. The molecule has 0 radical (unpaired) electrons. The zero-order valence-electron chi connectivity index (χ0n) is 9.31. The van der Waals surface area contributed by atoms with Gasteiger partial charge in [-0.15, -0.1) is 0 Å². The smallest absolute Gasteiger partial charge is 0.126 e. The highest BCUT2D eigenvalue weighted by atomic mass is 79.9. The molecule has 1 atom stereocenters. The maximum Gasteiger partial charge on any atom is 0.126 e. The van der Waals surface area contributed by atoms with Crippen LogP contribution >= 0.6 is 15.9 Å². The minimum atomic E-state index is -0.0887. The Morgan fingerprint density at radius 3 is 3.06 bits per heavy atom. The van der Waals surface area contributed by atoms with Gasteiger partial charge in [-0.1, -0.05) is 28.8 Å². The second-order valence-corrected chi connectivity index (χ2v) is 5.36. The van der Waals surface area contributed by atoms with Crippen molar-refractivity contribution in [3.8, 4) is 0 Å². The largest absolute Gasteiger partial charge is 0.314 e. The van der Waals surface area contributed by atoms with Crippen molar-refractivity contribution in [1.82, 2.24) is 5.32 Å². The van der Waals surface area contributed by atoms with Gasteiger partial charge in [0.1, 0.15) is 5.82 Å². The van der Waals surface area contributed by atoms with Gasteiger partial charge in [0.05, 0.1) is 0 Å². The van der Waals surface area contributed by atoms with Crippen LogP contribution in [0.4, 0.5) is 4.39 Å². The predicted molar refractivity (Wildman–Crippen MR) is 68.1 cm³/mol. The third-order valence-corrected chi connectivity index (χ3v) is 3.63. The van der Waals surface area contributed by atoms with E-state index in [0.717, 1.165) is 29.4 Å². The van der Waals surface area contributed by atoms with E-state index in [1.165, 1.54) is 25.3 Å². The summed E-state index contributed by atoms with van der Waals surface area (Å²) in [7, 11) is 0. The second-order valence-electron chi connectivity index (χ2n) is 4.44. The topological polar surface area (TPSA) is 12.0 Å². The van der Waals surface area contributed by atoms with Crippen LogP contribution in [-0.2, 0) is 6.42 Å². The highest BCUT2D eigenvalue weighted by Crippen LogP contribution is 2.19. The molecule has 1 unspecified atom stereocenters. The first-order valence-electron chi connectivity index (χ1n) is 5.93. The van der Waals surface area contributed by atoms with Gasteiger partial charge in [0.15, 0.2) is 0 Å². The van der Waals surface area contributed by atoms with Gasteiger partial charge in [-0.05, 0) is 49.6 Å². The van der Waals surface area contributed by atoms with Gasteiger partial charge in [-0.25, -0.2) is 4.39 Å². The molecule has 0 amide bonds. The average Bonchev–Trinajstić information content (AvgIpc) is 2.52. The molecule has 1 aromatic carbocycles. The van der Waals surface area contributed by atoms with E-state index in [-0.39, 0.29) is 5.82 Å². The Morgan fingerprint density at radius 1 is 1.31 bits per heavy atom. The number of rotatable bonds is 2. The summed E-state index contributed by atoms with van der Waals surface area (Å²) in [6, 6.07) is 5.61. The molecule has 16 heavy (non-hydrogen) atoms. The number of halogens is 2. The lowest BCUT2D eigenvalue weighted by atomic mass is 10.0. The van der Waals surface area contributed by atoms with Crippen LogP contribution in [0.1, 0.15) is 31.2 Å². The van der Waals surface area contributed by atoms with E-state index >= 15 is 0 Å². The van der Waals surface area contributed by atoms with Gasteiger partial charge < -0.3 is 5.32 Å². The van der Waals surface area contributed by atoms with Gasteiger partial charge in [0.25, 0.3) is 0 Å². The van der Waals surface area contributed by atoms with E-state index in [9.17, 15) is 4.39 Å². The van der Waals surface area contributed by atoms with Crippen molar-refractivity contribution in [2.75, 3.05) is 6.54 Å². The Balaban J connectivity index is 2.04. The van der Waals surface area contributed by atoms with Gasteiger partial charge in [-0.2, -0.15) is 0 Å². The molecule has 1 heterocycles. The number of nitrogens with one attached hydrogen (secondary N) is 1. The normalized spacial score (nSPS) is 21.8. The molecule has 88 valence electrons. The Labute approximate surface area is 105 Å². The van der Waals surface area contributed by atoms with E-state index < -0.39 is 0 Å². The summed E-state index contributed by atoms with van der Waals surface area (Å²) in [5.41, 5.74) is 0.814. The Kier molecular flexibility index (Phi) is 4.36. The van der Waals surface area contributed by atoms with E-state index in [0.29, 0.717) is 6.04 Å². The molecule has 1 aliphatic rings. The first kappa shape index (κ1) is 12.1. The Bertz CT molecular complexity index is 346. The summed E-state index contributed by atoms with van der Waals surface area (Å²) in [5.74, 6) is -0.0887. The fourth-order valence-corrected chi connectivity index (χ4v) is 2.65. The van der Waals surface area contributed by atoms with Gasteiger partial charge in [0.2, 0.25) is 0 Å². The van der Waals surface area contributed by atoms with Crippen molar-refractivity contribution in [1.29, 1.82) is 0 Å². The van der Waals surface area contributed by atoms with Crippen LogP contribution < -0.4 is 5.32 Å². The molecule has 0 spiro atoms. The summed E-state index contributed by atoms with van der Waals surface area (Å²) in [6.07, 6.45) is 5.76. The molecule has 1 aliphatic heterocycles. The number of hydrogen-bond donors (Lipinski definition) is 1. The number of hydrogen-bond acceptors (Lipinski definition) is 1. The van der Waals surface area contributed by atoms with Crippen LogP contribution in [-0.4, -0.2) is 12.6 Å². The molecule has 0 aromatic heterocycles. The van der Waals surface area contributed by atoms with Gasteiger partial charge in [-0.3, -0.25) is 0 Å². The average molecular weight is 286 g/mol. The zero-order chi connectivity index (χ0) is 11.4. The van der Waals surface area contributed by atoms with Gasteiger partial charge in [0, 0.05) is 10.5 Å². The van der Waals surface area contributed by atoms with Crippen LogP contribution in [0.15, 0.2) is 22.7 Å². The fourth-order valence-electron chi connectivity index (χ4n) is 2.24. The van der Waals surface area contributed by atoms with E-state index in [4.69, 9.17) is 0 Å².